The van der Waals surface area contributed by atoms with Gasteiger partial charge in [-0.25, -0.2) is 8.42 Å². The van der Waals surface area contributed by atoms with Crippen molar-refractivity contribution in [2.75, 3.05) is 17.3 Å². The number of imide groups is 1. The Morgan fingerprint density at radius 3 is 2.17 bits per heavy atom. The number of nitrogens with one attached hydrogen (secondary N) is 1. The molecule has 0 fully saturated rings. The summed E-state index contributed by atoms with van der Waals surface area (Å²) >= 11 is 11.9. The van der Waals surface area contributed by atoms with Crippen LogP contribution in [0.5, 0.6) is 0 Å². The molecule has 0 spiro atoms. The van der Waals surface area contributed by atoms with E-state index in [1.54, 1.807) is 12.1 Å². The standard InChI is InChI=1S/C19H16Cl2N2O5S/c1-29(27,28)9-8-16(17(24)22-15-7-6-11(20)10-14(15)21)23-18(25)12-4-2-3-5-13(12)19(23)26/h2-7,10,16H,8-9H2,1H3,(H,22,24)/t16-/m1/s1. The van der Waals surface area contributed by atoms with Crippen LogP contribution in [0.4, 0.5) is 5.69 Å². The number of hydrogen-bond acceptors (Lipinski definition) is 5. The maximum absolute atomic E-state index is 13.0. The number of carbonyl (C=O) groups excluding carboxylic acids is 3. The Kier molecular flexibility index (Phi) is 5.97. The summed E-state index contributed by atoms with van der Waals surface area (Å²) in [5.41, 5.74) is 0.556. The van der Waals surface area contributed by atoms with E-state index in [2.05, 4.69) is 5.32 Å². The molecule has 0 bridgehead atoms. The summed E-state index contributed by atoms with van der Waals surface area (Å²) in [5, 5.41) is 3.07. The Balaban J connectivity index is 1.93. The van der Waals surface area contributed by atoms with Gasteiger partial charge in [-0.05, 0) is 36.8 Å². The second-order valence-corrected chi connectivity index (χ2v) is 9.68. The molecule has 0 saturated heterocycles. The average Bonchev–Trinajstić information content (AvgIpc) is 2.89. The van der Waals surface area contributed by atoms with Crippen molar-refractivity contribution < 1.29 is 22.8 Å². The topological polar surface area (TPSA) is 101 Å². The zero-order valence-corrected chi connectivity index (χ0v) is 17.5. The summed E-state index contributed by atoms with van der Waals surface area (Å²) in [6.45, 7) is 0. The number of fused-ring (bicyclic) bond motifs is 1. The minimum absolute atomic E-state index is 0.162. The highest BCUT2D eigenvalue weighted by atomic mass is 35.5. The third-order valence-corrected chi connectivity index (χ3v) is 5.92. The number of amides is 3. The molecular formula is C19H16Cl2N2O5S. The minimum Gasteiger partial charge on any atom is -0.323 e. The molecule has 0 radical (unpaired) electrons. The van der Waals surface area contributed by atoms with E-state index >= 15 is 0 Å². The van der Waals surface area contributed by atoms with Crippen molar-refractivity contribution >= 4 is 56.4 Å². The first-order valence-corrected chi connectivity index (χ1v) is 11.3. The van der Waals surface area contributed by atoms with Crippen LogP contribution in [-0.4, -0.2) is 49.1 Å². The normalized spacial score (nSPS) is 14.7. The first-order valence-electron chi connectivity index (χ1n) is 8.49. The molecule has 1 N–H and O–H groups in total. The molecule has 10 heteroatoms. The highest BCUT2D eigenvalue weighted by Gasteiger charge is 2.42. The Morgan fingerprint density at radius 1 is 1.07 bits per heavy atom. The Hall–Kier alpha value is -2.42. The maximum Gasteiger partial charge on any atom is 0.262 e. The summed E-state index contributed by atoms with van der Waals surface area (Å²) < 4.78 is 23.3. The van der Waals surface area contributed by atoms with Gasteiger partial charge >= 0.3 is 0 Å². The van der Waals surface area contributed by atoms with Gasteiger partial charge < -0.3 is 5.32 Å². The lowest BCUT2D eigenvalue weighted by Gasteiger charge is -2.25. The fraction of sp³-hybridized carbons (Fsp3) is 0.211. The smallest absolute Gasteiger partial charge is 0.262 e. The van der Waals surface area contributed by atoms with Gasteiger partial charge in [0.25, 0.3) is 11.8 Å². The van der Waals surface area contributed by atoms with Crippen LogP contribution in [0.2, 0.25) is 10.0 Å². The van der Waals surface area contributed by atoms with Crippen LogP contribution in [0, 0.1) is 0 Å². The number of rotatable bonds is 6. The number of sulfone groups is 1. The Labute approximate surface area is 177 Å². The number of benzene rings is 2. The predicted molar refractivity (Wildman–Crippen MR) is 110 cm³/mol. The summed E-state index contributed by atoms with van der Waals surface area (Å²) in [6, 6.07) is 9.25. The van der Waals surface area contributed by atoms with Crippen LogP contribution in [0.15, 0.2) is 42.5 Å². The molecule has 7 nitrogen and oxygen atoms in total. The van der Waals surface area contributed by atoms with E-state index in [4.69, 9.17) is 23.2 Å². The third kappa shape index (κ3) is 4.60. The van der Waals surface area contributed by atoms with Crippen molar-refractivity contribution in [1.29, 1.82) is 0 Å². The number of anilines is 1. The van der Waals surface area contributed by atoms with E-state index in [9.17, 15) is 22.8 Å². The Bertz CT molecular complexity index is 1080. The fourth-order valence-electron chi connectivity index (χ4n) is 3.00. The molecule has 3 rings (SSSR count). The third-order valence-electron chi connectivity index (χ3n) is 4.39. The minimum atomic E-state index is -3.44. The van der Waals surface area contributed by atoms with Crippen LogP contribution in [0.25, 0.3) is 0 Å². The summed E-state index contributed by atoms with van der Waals surface area (Å²) in [4.78, 5) is 39.3. The molecule has 29 heavy (non-hydrogen) atoms. The average molecular weight is 455 g/mol. The van der Waals surface area contributed by atoms with Crippen molar-refractivity contribution in [1.82, 2.24) is 4.90 Å². The largest absolute Gasteiger partial charge is 0.323 e. The van der Waals surface area contributed by atoms with Gasteiger partial charge in [0.15, 0.2) is 0 Å². The Morgan fingerprint density at radius 2 is 1.66 bits per heavy atom. The summed E-state index contributed by atoms with van der Waals surface area (Å²) in [5.74, 6) is -2.41. The highest BCUT2D eigenvalue weighted by molar-refractivity contribution is 7.90. The van der Waals surface area contributed by atoms with Crippen molar-refractivity contribution in [2.24, 2.45) is 0 Å². The summed E-state index contributed by atoms with van der Waals surface area (Å²) in [7, 11) is -3.44. The predicted octanol–water partition coefficient (Wildman–Crippen LogP) is 3.03. The molecule has 3 amide bonds. The van der Waals surface area contributed by atoms with Crippen LogP contribution in [-0.2, 0) is 14.6 Å². The maximum atomic E-state index is 13.0. The SMILES string of the molecule is CS(=O)(=O)CC[C@H](C(=O)Nc1ccc(Cl)cc1Cl)N1C(=O)c2ccccc2C1=O. The van der Waals surface area contributed by atoms with E-state index in [0.717, 1.165) is 11.2 Å². The van der Waals surface area contributed by atoms with Crippen molar-refractivity contribution in [3.8, 4) is 0 Å². The molecule has 0 aromatic heterocycles. The van der Waals surface area contributed by atoms with Gasteiger partial charge in [-0.15, -0.1) is 0 Å². The van der Waals surface area contributed by atoms with Gasteiger partial charge in [0, 0.05) is 11.3 Å². The van der Waals surface area contributed by atoms with Gasteiger partial charge in [0.1, 0.15) is 15.9 Å². The van der Waals surface area contributed by atoms with Crippen LogP contribution < -0.4 is 5.32 Å². The van der Waals surface area contributed by atoms with E-state index in [1.165, 1.54) is 30.3 Å². The van der Waals surface area contributed by atoms with Gasteiger partial charge in [-0.2, -0.15) is 0 Å². The van der Waals surface area contributed by atoms with Gasteiger partial charge in [-0.1, -0.05) is 35.3 Å². The molecule has 0 saturated carbocycles. The first kappa shape index (κ1) is 21.3. The summed E-state index contributed by atoms with van der Waals surface area (Å²) in [6.07, 6.45) is 0.766. The molecule has 1 aliphatic heterocycles. The number of halogens is 2. The molecule has 0 aliphatic carbocycles. The van der Waals surface area contributed by atoms with Gasteiger partial charge in [0.2, 0.25) is 5.91 Å². The van der Waals surface area contributed by atoms with E-state index in [1.807, 2.05) is 0 Å². The molecule has 152 valence electrons. The van der Waals surface area contributed by atoms with Crippen molar-refractivity contribution in [3.05, 3.63) is 63.6 Å². The lowest BCUT2D eigenvalue weighted by molar-refractivity contribution is -0.120. The van der Waals surface area contributed by atoms with Gasteiger partial charge in [0.05, 0.1) is 27.6 Å². The lowest BCUT2D eigenvalue weighted by atomic mass is 10.1. The number of hydrogen-bond donors (Lipinski definition) is 1. The van der Waals surface area contributed by atoms with E-state index in [0.29, 0.717) is 5.02 Å². The van der Waals surface area contributed by atoms with Crippen LogP contribution in [0.1, 0.15) is 27.1 Å². The molecule has 2 aromatic carbocycles. The fourth-order valence-corrected chi connectivity index (χ4v) is 4.11. The monoisotopic (exact) mass is 454 g/mol. The molecular weight excluding hydrogens is 439 g/mol. The zero-order chi connectivity index (χ0) is 21.3. The van der Waals surface area contributed by atoms with E-state index < -0.39 is 33.6 Å². The van der Waals surface area contributed by atoms with E-state index in [-0.39, 0.29) is 34.0 Å². The lowest BCUT2D eigenvalue weighted by Crippen LogP contribution is -2.48. The van der Waals surface area contributed by atoms with Crippen LogP contribution in [0.3, 0.4) is 0 Å². The number of nitrogens with zero attached hydrogens (tertiary/aromatic N) is 1. The second-order valence-electron chi connectivity index (χ2n) is 6.57. The molecule has 0 unspecified atom stereocenters. The molecule has 1 aliphatic rings. The van der Waals surface area contributed by atoms with Gasteiger partial charge in [-0.3, -0.25) is 19.3 Å². The number of carbonyl (C=O) groups is 3. The zero-order valence-electron chi connectivity index (χ0n) is 15.2. The quantitative estimate of drug-likeness (QED) is 0.675. The highest BCUT2D eigenvalue weighted by Crippen LogP contribution is 2.29. The molecule has 1 heterocycles. The van der Waals surface area contributed by atoms with Crippen molar-refractivity contribution in [2.45, 2.75) is 12.5 Å². The molecule has 1 atom stereocenters. The van der Waals surface area contributed by atoms with Crippen LogP contribution >= 0.6 is 23.2 Å². The van der Waals surface area contributed by atoms with Crippen molar-refractivity contribution in [3.63, 3.8) is 0 Å². The first-order chi connectivity index (χ1) is 13.6. The molecule has 2 aromatic rings. The second kappa shape index (κ2) is 8.14.